The van der Waals surface area contributed by atoms with Gasteiger partial charge in [-0.2, -0.15) is 0 Å². The van der Waals surface area contributed by atoms with Gasteiger partial charge in [-0.15, -0.1) is 0 Å². The van der Waals surface area contributed by atoms with E-state index in [1.807, 2.05) is 31.2 Å². The summed E-state index contributed by atoms with van der Waals surface area (Å²) >= 11 is 0. The summed E-state index contributed by atoms with van der Waals surface area (Å²) in [5.74, 6) is -0.783. The molecule has 0 radical (unpaired) electrons. The minimum absolute atomic E-state index is 0.0159. The number of nitrogens with zero attached hydrogens (tertiary/aromatic N) is 1. The van der Waals surface area contributed by atoms with E-state index in [1.165, 1.54) is 22.3 Å². The smallest absolute Gasteiger partial charge is 0.407 e. The van der Waals surface area contributed by atoms with Crippen molar-refractivity contribution >= 4 is 18.0 Å². The van der Waals surface area contributed by atoms with E-state index in [4.69, 9.17) is 9.84 Å². The third-order valence-corrected chi connectivity index (χ3v) is 5.98. The van der Waals surface area contributed by atoms with Crippen LogP contribution in [0.5, 0.6) is 0 Å². The van der Waals surface area contributed by atoms with Crippen LogP contribution in [0.3, 0.4) is 0 Å². The van der Waals surface area contributed by atoms with Gasteiger partial charge in [-0.25, -0.2) is 4.79 Å². The molecular formula is C26H32N2O5. The molecule has 33 heavy (non-hydrogen) atoms. The van der Waals surface area contributed by atoms with Crippen molar-refractivity contribution in [2.75, 3.05) is 26.2 Å². The first kappa shape index (κ1) is 24.3. The van der Waals surface area contributed by atoms with Gasteiger partial charge >= 0.3 is 12.1 Å². The average molecular weight is 453 g/mol. The third kappa shape index (κ3) is 6.57. The van der Waals surface area contributed by atoms with Crippen LogP contribution in [0.15, 0.2) is 48.5 Å². The summed E-state index contributed by atoms with van der Waals surface area (Å²) in [7, 11) is 0. The molecule has 0 unspecified atom stereocenters. The van der Waals surface area contributed by atoms with Crippen LogP contribution < -0.4 is 5.32 Å². The van der Waals surface area contributed by atoms with Crippen molar-refractivity contribution in [2.45, 2.75) is 44.9 Å². The maximum atomic E-state index is 12.3. The van der Waals surface area contributed by atoms with Crippen molar-refractivity contribution in [1.82, 2.24) is 10.2 Å². The number of nitrogens with one attached hydrogen (secondary N) is 1. The zero-order chi connectivity index (χ0) is 23.6. The predicted octanol–water partition coefficient (Wildman–Crippen LogP) is 4.41. The van der Waals surface area contributed by atoms with Crippen LogP contribution in [0.1, 0.15) is 56.1 Å². The highest BCUT2D eigenvalue weighted by Crippen LogP contribution is 2.44. The van der Waals surface area contributed by atoms with E-state index in [-0.39, 0.29) is 24.9 Å². The Morgan fingerprint density at radius 3 is 2.18 bits per heavy atom. The number of carbonyl (C=O) groups excluding carboxylic acids is 2. The van der Waals surface area contributed by atoms with Crippen LogP contribution in [0, 0.1) is 0 Å². The van der Waals surface area contributed by atoms with Gasteiger partial charge in [-0.05, 0) is 48.4 Å². The van der Waals surface area contributed by atoms with Gasteiger partial charge in [-0.3, -0.25) is 9.59 Å². The summed E-state index contributed by atoms with van der Waals surface area (Å²) in [5, 5.41) is 11.4. The van der Waals surface area contributed by atoms with E-state index in [0.717, 1.165) is 0 Å². The number of amides is 2. The number of unbranched alkanes of at least 4 members (excludes halogenated alkanes) is 1. The van der Waals surface area contributed by atoms with Gasteiger partial charge in [-0.1, -0.05) is 48.5 Å². The Bertz CT molecular complexity index is 929. The van der Waals surface area contributed by atoms with Crippen molar-refractivity contribution in [3.05, 3.63) is 59.7 Å². The van der Waals surface area contributed by atoms with Gasteiger partial charge in [0.25, 0.3) is 0 Å². The zero-order valence-electron chi connectivity index (χ0n) is 19.1. The van der Waals surface area contributed by atoms with Crippen LogP contribution in [-0.4, -0.2) is 54.2 Å². The van der Waals surface area contributed by atoms with Crippen molar-refractivity contribution < 1.29 is 24.2 Å². The predicted molar refractivity (Wildman–Crippen MR) is 126 cm³/mol. The maximum Gasteiger partial charge on any atom is 0.407 e. The second kappa shape index (κ2) is 12.0. The average Bonchev–Trinajstić information content (AvgIpc) is 3.14. The highest BCUT2D eigenvalue weighted by Gasteiger charge is 2.28. The first-order valence-corrected chi connectivity index (χ1v) is 11.6. The number of aliphatic carboxylic acids is 1. The van der Waals surface area contributed by atoms with E-state index < -0.39 is 12.1 Å². The number of alkyl carbamates (subject to hydrolysis) is 1. The van der Waals surface area contributed by atoms with Gasteiger partial charge < -0.3 is 20.1 Å². The Morgan fingerprint density at radius 1 is 0.939 bits per heavy atom. The topological polar surface area (TPSA) is 95.9 Å². The number of ether oxygens (including phenoxy) is 1. The summed E-state index contributed by atoms with van der Waals surface area (Å²) in [6.45, 7) is 3.68. The number of fused-ring (bicyclic) bond motifs is 3. The van der Waals surface area contributed by atoms with Crippen LogP contribution in [0.2, 0.25) is 0 Å². The largest absolute Gasteiger partial charge is 0.481 e. The van der Waals surface area contributed by atoms with Crippen molar-refractivity contribution in [3.8, 4) is 11.1 Å². The van der Waals surface area contributed by atoms with Gasteiger partial charge in [0.2, 0.25) is 5.91 Å². The lowest BCUT2D eigenvalue weighted by Gasteiger charge is -2.20. The molecule has 0 bridgehead atoms. The van der Waals surface area contributed by atoms with E-state index >= 15 is 0 Å². The third-order valence-electron chi connectivity index (χ3n) is 5.98. The minimum Gasteiger partial charge on any atom is -0.481 e. The molecule has 2 aromatic rings. The fourth-order valence-corrected chi connectivity index (χ4v) is 4.28. The van der Waals surface area contributed by atoms with Crippen LogP contribution in [-0.2, 0) is 14.3 Å². The van der Waals surface area contributed by atoms with Crippen molar-refractivity contribution in [3.63, 3.8) is 0 Å². The fraction of sp³-hybridized carbons (Fsp3) is 0.423. The summed E-state index contributed by atoms with van der Waals surface area (Å²) in [6, 6.07) is 16.4. The summed E-state index contributed by atoms with van der Waals surface area (Å²) < 4.78 is 5.51. The molecule has 1 aliphatic carbocycles. The lowest BCUT2D eigenvalue weighted by Crippen LogP contribution is -2.33. The van der Waals surface area contributed by atoms with E-state index in [2.05, 4.69) is 29.6 Å². The van der Waals surface area contributed by atoms with Crippen molar-refractivity contribution in [1.29, 1.82) is 0 Å². The lowest BCUT2D eigenvalue weighted by molar-refractivity contribution is -0.137. The molecular weight excluding hydrogens is 420 g/mol. The number of rotatable bonds is 12. The Morgan fingerprint density at radius 2 is 1.58 bits per heavy atom. The molecule has 176 valence electrons. The van der Waals surface area contributed by atoms with E-state index in [9.17, 15) is 14.4 Å². The summed E-state index contributed by atoms with van der Waals surface area (Å²) in [6.07, 6.45) is 1.72. The SMILES string of the molecule is CCN(CCCCC(=O)O)C(=O)CCCNC(=O)OCC1c2ccccc2-c2ccccc21. The normalized spacial score (nSPS) is 12.0. The van der Waals surface area contributed by atoms with E-state index in [0.29, 0.717) is 45.3 Å². The molecule has 2 amide bonds. The molecule has 1 aliphatic rings. The van der Waals surface area contributed by atoms with Gasteiger partial charge in [0.15, 0.2) is 0 Å². The monoisotopic (exact) mass is 452 g/mol. The molecule has 0 aliphatic heterocycles. The number of hydrogen-bond acceptors (Lipinski definition) is 4. The molecule has 0 aromatic heterocycles. The number of benzene rings is 2. The first-order chi connectivity index (χ1) is 16.0. The first-order valence-electron chi connectivity index (χ1n) is 11.6. The zero-order valence-corrected chi connectivity index (χ0v) is 19.1. The number of hydrogen-bond donors (Lipinski definition) is 2. The summed E-state index contributed by atoms with van der Waals surface area (Å²) in [4.78, 5) is 36.9. The molecule has 7 nitrogen and oxygen atoms in total. The maximum absolute atomic E-state index is 12.3. The molecule has 2 N–H and O–H groups in total. The standard InChI is InChI=1S/C26H32N2O5/c1-2-28(17-8-7-15-25(30)31)24(29)14-9-16-27-26(32)33-18-23-21-12-5-3-10-19(21)20-11-4-6-13-22(20)23/h3-6,10-13,23H,2,7-9,14-18H2,1H3,(H,27,32)(H,30,31). The second-order valence-corrected chi connectivity index (χ2v) is 8.18. The summed E-state index contributed by atoms with van der Waals surface area (Å²) in [5.41, 5.74) is 4.70. The Hall–Kier alpha value is -3.35. The second-order valence-electron chi connectivity index (χ2n) is 8.18. The molecule has 0 saturated heterocycles. The van der Waals surface area contributed by atoms with E-state index in [1.54, 1.807) is 4.90 Å². The Kier molecular flexibility index (Phi) is 8.87. The van der Waals surface area contributed by atoms with Crippen LogP contribution >= 0.6 is 0 Å². The molecule has 2 aromatic carbocycles. The molecule has 7 heteroatoms. The van der Waals surface area contributed by atoms with Gasteiger partial charge in [0.05, 0.1) is 0 Å². The number of carboxylic acids is 1. The van der Waals surface area contributed by atoms with Gasteiger partial charge in [0.1, 0.15) is 6.61 Å². The molecule has 0 saturated carbocycles. The molecule has 0 heterocycles. The number of carboxylic acid groups (broad SMARTS) is 1. The minimum atomic E-state index is -0.816. The molecule has 0 atom stereocenters. The van der Waals surface area contributed by atoms with Gasteiger partial charge in [0, 0.05) is 38.4 Å². The number of carbonyl (C=O) groups is 3. The highest BCUT2D eigenvalue weighted by molar-refractivity contribution is 5.79. The molecule has 0 spiro atoms. The molecule has 0 fully saturated rings. The highest BCUT2D eigenvalue weighted by atomic mass is 16.5. The molecule has 3 rings (SSSR count). The quantitative estimate of drug-likeness (QED) is 0.465. The van der Waals surface area contributed by atoms with Crippen molar-refractivity contribution in [2.24, 2.45) is 0 Å². The van der Waals surface area contributed by atoms with Crippen LogP contribution in [0.25, 0.3) is 11.1 Å². The van der Waals surface area contributed by atoms with Crippen LogP contribution in [0.4, 0.5) is 4.79 Å². The lowest BCUT2D eigenvalue weighted by atomic mass is 9.98. The fourth-order valence-electron chi connectivity index (χ4n) is 4.28. The Labute approximate surface area is 194 Å². The Balaban J connectivity index is 1.38.